The quantitative estimate of drug-likeness (QED) is 0.236. The van der Waals surface area contributed by atoms with Gasteiger partial charge in [-0.2, -0.15) is 9.61 Å². The summed E-state index contributed by atoms with van der Waals surface area (Å²) in [6, 6.07) is 13.6. The zero-order valence-corrected chi connectivity index (χ0v) is 22.2. The fourth-order valence-electron chi connectivity index (χ4n) is 4.67. The number of rotatable bonds is 8. The standard InChI is InChI=1S/C26H32N8O2S/c1-16(2)33(26(28)29)17(3)10-12-22-23(37(4,35)36)24(27)34-25(32-22)20(15-31-34)19-11-13-21(30-14-19)18-8-6-5-7-9-18/h5-9,11,13-17H,10,12,27H2,1-4H3,(H3,28,29)/t17-/m1/s1. The number of hydrogen-bond acceptors (Lipinski definition) is 7. The molecular weight excluding hydrogens is 488 g/mol. The van der Waals surface area contributed by atoms with Crippen molar-refractivity contribution < 1.29 is 8.42 Å². The fourth-order valence-corrected chi connectivity index (χ4v) is 5.71. The number of anilines is 1. The summed E-state index contributed by atoms with van der Waals surface area (Å²) in [5, 5.41) is 12.3. The zero-order chi connectivity index (χ0) is 26.9. The summed E-state index contributed by atoms with van der Waals surface area (Å²) in [6.07, 6.45) is 5.34. The summed E-state index contributed by atoms with van der Waals surface area (Å²) in [5.41, 5.74) is 16.3. The molecule has 11 heteroatoms. The minimum Gasteiger partial charge on any atom is -0.382 e. The van der Waals surface area contributed by atoms with Crippen molar-refractivity contribution in [1.29, 1.82) is 5.41 Å². The third-order valence-electron chi connectivity index (χ3n) is 6.33. The zero-order valence-electron chi connectivity index (χ0n) is 21.4. The van der Waals surface area contributed by atoms with Crippen LogP contribution in [0.1, 0.15) is 32.9 Å². The van der Waals surface area contributed by atoms with Gasteiger partial charge >= 0.3 is 0 Å². The van der Waals surface area contributed by atoms with Crippen LogP contribution in [0.2, 0.25) is 0 Å². The van der Waals surface area contributed by atoms with Crippen LogP contribution in [0.3, 0.4) is 0 Å². The number of nitrogens with one attached hydrogen (secondary N) is 1. The lowest BCUT2D eigenvalue weighted by Crippen LogP contribution is -2.47. The number of aryl methyl sites for hydroxylation is 1. The van der Waals surface area contributed by atoms with Gasteiger partial charge in [-0.3, -0.25) is 10.4 Å². The molecule has 0 spiro atoms. The van der Waals surface area contributed by atoms with E-state index < -0.39 is 9.84 Å². The number of pyridine rings is 1. The van der Waals surface area contributed by atoms with Gasteiger partial charge in [0.2, 0.25) is 0 Å². The molecule has 0 aliphatic rings. The largest absolute Gasteiger partial charge is 0.382 e. The number of sulfone groups is 1. The first-order valence-electron chi connectivity index (χ1n) is 12.0. The van der Waals surface area contributed by atoms with Gasteiger partial charge in [0.05, 0.1) is 17.6 Å². The van der Waals surface area contributed by atoms with E-state index in [1.165, 1.54) is 4.52 Å². The van der Waals surface area contributed by atoms with E-state index in [1.54, 1.807) is 17.3 Å². The van der Waals surface area contributed by atoms with Crippen LogP contribution in [0, 0.1) is 5.41 Å². The molecule has 4 aromatic rings. The predicted octanol–water partition coefficient (Wildman–Crippen LogP) is 3.37. The van der Waals surface area contributed by atoms with E-state index in [9.17, 15) is 8.42 Å². The average Bonchev–Trinajstić information content (AvgIpc) is 3.26. The van der Waals surface area contributed by atoms with E-state index in [4.69, 9.17) is 21.9 Å². The maximum absolute atomic E-state index is 12.7. The van der Waals surface area contributed by atoms with Gasteiger partial charge in [0.25, 0.3) is 0 Å². The van der Waals surface area contributed by atoms with Crippen LogP contribution in [0.4, 0.5) is 5.82 Å². The highest BCUT2D eigenvalue weighted by atomic mass is 32.2. The Morgan fingerprint density at radius 3 is 2.35 bits per heavy atom. The Morgan fingerprint density at radius 1 is 1.08 bits per heavy atom. The van der Waals surface area contributed by atoms with Crippen molar-refractivity contribution in [3.63, 3.8) is 0 Å². The van der Waals surface area contributed by atoms with Crippen LogP contribution in [0.5, 0.6) is 0 Å². The van der Waals surface area contributed by atoms with E-state index in [2.05, 4.69) is 10.1 Å². The van der Waals surface area contributed by atoms with Crippen LogP contribution < -0.4 is 11.5 Å². The second-order valence-corrected chi connectivity index (χ2v) is 11.4. The number of nitrogens with zero attached hydrogens (tertiary/aromatic N) is 5. The number of nitrogen functional groups attached to an aromatic ring is 1. The monoisotopic (exact) mass is 520 g/mol. The van der Waals surface area contributed by atoms with Crippen LogP contribution in [0.25, 0.3) is 28.0 Å². The summed E-state index contributed by atoms with van der Waals surface area (Å²) in [7, 11) is -3.69. The number of guanidine groups is 1. The second-order valence-electron chi connectivity index (χ2n) is 9.41. The van der Waals surface area contributed by atoms with E-state index in [1.807, 2.05) is 63.2 Å². The Balaban J connectivity index is 1.75. The highest BCUT2D eigenvalue weighted by Crippen LogP contribution is 2.31. The smallest absolute Gasteiger partial charge is 0.188 e. The Kier molecular flexibility index (Phi) is 7.17. The summed E-state index contributed by atoms with van der Waals surface area (Å²) in [5.74, 6) is -0.0131. The van der Waals surface area contributed by atoms with Crippen molar-refractivity contribution in [3.05, 3.63) is 60.6 Å². The summed E-state index contributed by atoms with van der Waals surface area (Å²) < 4.78 is 26.8. The molecule has 194 valence electrons. The summed E-state index contributed by atoms with van der Waals surface area (Å²) in [4.78, 5) is 11.1. The van der Waals surface area contributed by atoms with E-state index in [-0.39, 0.29) is 28.8 Å². The first kappa shape index (κ1) is 26.1. The molecule has 5 N–H and O–H groups in total. The third kappa shape index (κ3) is 5.26. The fraction of sp³-hybridized carbons (Fsp3) is 0.308. The van der Waals surface area contributed by atoms with Gasteiger partial charge in [0.1, 0.15) is 10.7 Å². The molecule has 0 bridgehead atoms. The van der Waals surface area contributed by atoms with Gasteiger partial charge in [-0.1, -0.05) is 36.4 Å². The van der Waals surface area contributed by atoms with Gasteiger partial charge in [-0.15, -0.1) is 0 Å². The highest BCUT2D eigenvalue weighted by molar-refractivity contribution is 7.91. The van der Waals surface area contributed by atoms with Gasteiger partial charge in [-0.25, -0.2) is 13.4 Å². The normalized spacial score (nSPS) is 12.7. The number of hydrogen-bond donors (Lipinski definition) is 3. The van der Waals surface area contributed by atoms with Gasteiger partial charge < -0.3 is 16.4 Å². The molecule has 0 amide bonds. The molecule has 3 heterocycles. The summed E-state index contributed by atoms with van der Waals surface area (Å²) in [6.45, 7) is 5.86. The van der Waals surface area contributed by atoms with Gasteiger partial charge in [0.15, 0.2) is 21.4 Å². The lowest BCUT2D eigenvalue weighted by atomic mass is 10.1. The molecular formula is C26H32N8O2S. The third-order valence-corrected chi connectivity index (χ3v) is 7.52. The number of nitrogens with two attached hydrogens (primary N) is 2. The summed E-state index contributed by atoms with van der Waals surface area (Å²) >= 11 is 0. The molecule has 0 aliphatic heterocycles. The molecule has 0 radical (unpaired) electrons. The van der Waals surface area contributed by atoms with Crippen molar-refractivity contribution in [2.24, 2.45) is 5.73 Å². The van der Waals surface area contributed by atoms with Crippen molar-refractivity contribution in [3.8, 4) is 22.4 Å². The minimum atomic E-state index is -3.69. The Bertz CT molecular complexity index is 1530. The Labute approximate surface area is 216 Å². The van der Waals surface area contributed by atoms with E-state index in [0.717, 1.165) is 23.1 Å². The van der Waals surface area contributed by atoms with Gasteiger partial charge in [-0.05, 0) is 39.7 Å². The SMILES string of the molecule is CC(C)N(C(=N)N)[C@H](C)CCc1nc2c(-c3ccc(-c4ccccc4)nc3)cnn2c(N)c1S(C)(=O)=O. The number of benzene rings is 1. The van der Waals surface area contributed by atoms with Crippen molar-refractivity contribution in [2.75, 3.05) is 12.0 Å². The molecule has 0 fully saturated rings. The molecule has 37 heavy (non-hydrogen) atoms. The Hall–Kier alpha value is -3.99. The van der Waals surface area contributed by atoms with Crippen LogP contribution in [-0.4, -0.2) is 57.2 Å². The van der Waals surface area contributed by atoms with Crippen LogP contribution in [0.15, 0.2) is 59.8 Å². The molecule has 1 aromatic carbocycles. The lowest BCUT2D eigenvalue weighted by Gasteiger charge is -2.33. The molecule has 3 aromatic heterocycles. The molecule has 1 atom stereocenters. The average molecular weight is 521 g/mol. The minimum absolute atomic E-state index is 0.0163. The molecule has 0 saturated heterocycles. The molecule has 0 unspecified atom stereocenters. The van der Waals surface area contributed by atoms with Crippen molar-refractivity contribution in [1.82, 2.24) is 24.5 Å². The number of aromatic nitrogens is 4. The number of fused-ring (bicyclic) bond motifs is 1. The highest BCUT2D eigenvalue weighted by Gasteiger charge is 2.26. The maximum Gasteiger partial charge on any atom is 0.188 e. The maximum atomic E-state index is 12.7. The first-order valence-corrected chi connectivity index (χ1v) is 13.9. The van der Waals surface area contributed by atoms with Crippen molar-refractivity contribution in [2.45, 2.75) is 50.6 Å². The van der Waals surface area contributed by atoms with Crippen LogP contribution >= 0.6 is 0 Å². The Morgan fingerprint density at radius 2 is 1.78 bits per heavy atom. The lowest BCUT2D eigenvalue weighted by molar-refractivity contribution is 0.259. The van der Waals surface area contributed by atoms with Crippen molar-refractivity contribution >= 4 is 27.3 Å². The predicted molar refractivity (Wildman–Crippen MR) is 146 cm³/mol. The first-order chi connectivity index (χ1) is 17.5. The topological polar surface area (TPSA) is 156 Å². The molecule has 0 aliphatic carbocycles. The molecule has 0 saturated carbocycles. The van der Waals surface area contributed by atoms with Crippen LogP contribution in [-0.2, 0) is 16.3 Å². The van der Waals surface area contributed by atoms with E-state index in [0.29, 0.717) is 29.7 Å². The van der Waals surface area contributed by atoms with Gasteiger partial charge in [0, 0.05) is 41.2 Å². The molecule has 4 rings (SSSR count). The second kappa shape index (κ2) is 10.2. The molecule has 10 nitrogen and oxygen atoms in total. The van der Waals surface area contributed by atoms with E-state index >= 15 is 0 Å².